The summed E-state index contributed by atoms with van der Waals surface area (Å²) in [7, 11) is 0. The van der Waals surface area contributed by atoms with E-state index in [0.717, 1.165) is 41.7 Å². The lowest BCUT2D eigenvalue weighted by atomic mass is 9.96. The highest BCUT2D eigenvalue weighted by Crippen LogP contribution is 2.27. The number of amides is 1. The molecule has 7 nitrogen and oxygen atoms in total. The standard InChI is InChI=1S/C23H25BrN4O3/c1-2-30-20-9-4-3-8-19(20)25-23(29)16-10-12-28(13-11-16)15-21-26-22(27-31-21)17-6-5-7-18(24)14-17/h3-9,14,16H,2,10-13,15H2,1H3,(H,25,29). The monoisotopic (exact) mass is 484 g/mol. The quantitative estimate of drug-likeness (QED) is 0.521. The van der Waals surface area contributed by atoms with Crippen LogP contribution in [0.1, 0.15) is 25.7 Å². The number of carbonyl (C=O) groups is 1. The molecule has 31 heavy (non-hydrogen) atoms. The molecule has 0 spiro atoms. The maximum Gasteiger partial charge on any atom is 0.241 e. The van der Waals surface area contributed by atoms with Crippen LogP contribution in [0.4, 0.5) is 5.69 Å². The van der Waals surface area contributed by atoms with Crippen molar-refractivity contribution >= 4 is 27.5 Å². The largest absolute Gasteiger partial charge is 0.492 e. The molecule has 1 N–H and O–H groups in total. The topological polar surface area (TPSA) is 80.5 Å². The number of piperidine rings is 1. The number of likely N-dealkylation sites (tertiary alicyclic amines) is 1. The zero-order valence-electron chi connectivity index (χ0n) is 17.4. The molecular formula is C23H25BrN4O3. The van der Waals surface area contributed by atoms with Gasteiger partial charge in [-0.25, -0.2) is 0 Å². The van der Waals surface area contributed by atoms with E-state index in [1.54, 1.807) is 0 Å². The van der Waals surface area contributed by atoms with Crippen molar-refractivity contribution in [3.63, 3.8) is 0 Å². The molecule has 0 aliphatic carbocycles. The number of halogens is 1. The van der Waals surface area contributed by atoms with Gasteiger partial charge < -0.3 is 14.6 Å². The Morgan fingerprint density at radius 3 is 2.81 bits per heavy atom. The number of benzene rings is 2. The molecular weight excluding hydrogens is 460 g/mol. The van der Waals surface area contributed by atoms with E-state index in [1.807, 2.05) is 55.5 Å². The molecule has 2 heterocycles. The maximum atomic E-state index is 12.7. The van der Waals surface area contributed by atoms with Crippen LogP contribution in [0.15, 0.2) is 57.5 Å². The van der Waals surface area contributed by atoms with Crippen LogP contribution in [0.5, 0.6) is 5.75 Å². The average Bonchev–Trinajstić information content (AvgIpc) is 3.24. The number of nitrogens with zero attached hydrogens (tertiary/aromatic N) is 3. The van der Waals surface area contributed by atoms with E-state index in [0.29, 0.717) is 30.6 Å². The molecule has 0 bridgehead atoms. The van der Waals surface area contributed by atoms with E-state index in [4.69, 9.17) is 9.26 Å². The first-order valence-corrected chi connectivity index (χ1v) is 11.2. The summed E-state index contributed by atoms with van der Waals surface area (Å²) >= 11 is 3.46. The van der Waals surface area contributed by atoms with Crippen LogP contribution in [-0.2, 0) is 11.3 Å². The van der Waals surface area contributed by atoms with E-state index in [2.05, 4.69) is 36.3 Å². The number of anilines is 1. The van der Waals surface area contributed by atoms with Crippen LogP contribution in [-0.4, -0.2) is 40.6 Å². The molecule has 8 heteroatoms. The van der Waals surface area contributed by atoms with Gasteiger partial charge in [0.05, 0.1) is 18.8 Å². The molecule has 0 atom stereocenters. The summed E-state index contributed by atoms with van der Waals surface area (Å²) < 4.78 is 12.0. The molecule has 1 saturated heterocycles. The summed E-state index contributed by atoms with van der Waals surface area (Å²) in [4.78, 5) is 19.5. The van der Waals surface area contributed by atoms with Gasteiger partial charge >= 0.3 is 0 Å². The van der Waals surface area contributed by atoms with Gasteiger partial charge in [0.25, 0.3) is 0 Å². The van der Waals surface area contributed by atoms with Gasteiger partial charge in [0, 0.05) is 16.0 Å². The minimum atomic E-state index is -0.0224. The third-order valence-electron chi connectivity index (χ3n) is 5.31. The van der Waals surface area contributed by atoms with Crippen LogP contribution in [0.25, 0.3) is 11.4 Å². The van der Waals surface area contributed by atoms with Gasteiger partial charge in [-0.3, -0.25) is 9.69 Å². The lowest BCUT2D eigenvalue weighted by Crippen LogP contribution is -2.37. The Labute approximate surface area is 189 Å². The Morgan fingerprint density at radius 2 is 2.03 bits per heavy atom. The zero-order chi connectivity index (χ0) is 21.6. The van der Waals surface area contributed by atoms with Gasteiger partial charge in [0.1, 0.15) is 5.75 Å². The number of aromatic nitrogens is 2. The first-order chi connectivity index (χ1) is 15.1. The van der Waals surface area contributed by atoms with Crippen molar-refractivity contribution in [3.8, 4) is 17.1 Å². The zero-order valence-corrected chi connectivity index (χ0v) is 19.0. The Hall–Kier alpha value is -2.71. The molecule has 2 aromatic carbocycles. The van der Waals surface area contributed by atoms with Gasteiger partial charge in [-0.2, -0.15) is 4.98 Å². The van der Waals surface area contributed by atoms with Crippen LogP contribution in [0.3, 0.4) is 0 Å². The Kier molecular flexibility index (Phi) is 6.99. The number of hydrogen-bond donors (Lipinski definition) is 1. The highest BCUT2D eigenvalue weighted by molar-refractivity contribution is 9.10. The number of rotatable bonds is 7. The first kappa shape index (κ1) is 21.5. The summed E-state index contributed by atoms with van der Waals surface area (Å²) in [5.74, 6) is 1.89. The highest BCUT2D eigenvalue weighted by atomic mass is 79.9. The average molecular weight is 485 g/mol. The number of hydrogen-bond acceptors (Lipinski definition) is 6. The third-order valence-corrected chi connectivity index (χ3v) is 5.81. The van der Waals surface area contributed by atoms with Gasteiger partial charge in [-0.05, 0) is 57.1 Å². The van der Waals surface area contributed by atoms with Crippen molar-refractivity contribution in [2.24, 2.45) is 5.92 Å². The fourth-order valence-electron chi connectivity index (χ4n) is 3.69. The fraction of sp³-hybridized carbons (Fsp3) is 0.348. The van der Waals surface area contributed by atoms with Gasteiger partial charge in [-0.15, -0.1) is 0 Å². The molecule has 0 saturated carbocycles. The first-order valence-electron chi connectivity index (χ1n) is 10.5. The summed E-state index contributed by atoms with van der Waals surface area (Å²) in [5.41, 5.74) is 1.63. The normalized spacial score (nSPS) is 15.0. The number of ether oxygens (including phenoxy) is 1. The fourth-order valence-corrected chi connectivity index (χ4v) is 4.09. The van der Waals surface area contributed by atoms with Gasteiger partial charge in [0.2, 0.25) is 17.6 Å². The Morgan fingerprint density at radius 1 is 1.23 bits per heavy atom. The summed E-state index contributed by atoms with van der Waals surface area (Å²) in [6.07, 6.45) is 1.57. The lowest BCUT2D eigenvalue weighted by Gasteiger charge is -2.30. The van der Waals surface area contributed by atoms with Crippen LogP contribution < -0.4 is 10.1 Å². The van der Waals surface area contributed by atoms with Crippen molar-refractivity contribution in [1.29, 1.82) is 0 Å². The van der Waals surface area contributed by atoms with Crippen molar-refractivity contribution in [2.75, 3.05) is 25.0 Å². The molecule has 1 aliphatic rings. The van der Waals surface area contributed by atoms with Gasteiger partial charge in [-0.1, -0.05) is 45.4 Å². The molecule has 0 radical (unpaired) electrons. The summed E-state index contributed by atoms with van der Waals surface area (Å²) in [6.45, 7) is 4.69. The molecule has 1 fully saturated rings. The third kappa shape index (κ3) is 5.51. The number of nitrogens with one attached hydrogen (secondary N) is 1. The van der Waals surface area contributed by atoms with Crippen LogP contribution in [0, 0.1) is 5.92 Å². The number of para-hydroxylation sites is 2. The Balaban J connectivity index is 1.30. The molecule has 0 unspecified atom stereocenters. The van der Waals surface area contributed by atoms with Crippen LogP contribution in [0.2, 0.25) is 0 Å². The molecule has 4 rings (SSSR count). The second-order valence-corrected chi connectivity index (χ2v) is 8.41. The van der Waals surface area contributed by atoms with Crippen molar-refractivity contribution in [3.05, 3.63) is 58.9 Å². The predicted octanol–water partition coefficient (Wildman–Crippen LogP) is 4.75. The van der Waals surface area contributed by atoms with Crippen LogP contribution >= 0.6 is 15.9 Å². The second kappa shape index (κ2) is 10.1. The molecule has 162 valence electrons. The molecule has 1 aliphatic heterocycles. The lowest BCUT2D eigenvalue weighted by molar-refractivity contribution is -0.121. The Bertz CT molecular complexity index is 1030. The molecule has 1 amide bonds. The van der Waals surface area contributed by atoms with E-state index in [-0.39, 0.29) is 11.8 Å². The van der Waals surface area contributed by atoms with Gasteiger partial charge in [0.15, 0.2) is 0 Å². The summed E-state index contributed by atoms with van der Waals surface area (Å²) in [5, 5.41) is 7.13. The van der Waals surface area contributed by atoms with E-state index in [9.17, 15) is 4.79 Å². The smallest absolute Gasteiger partial charge is 0.241 e. The highest BCUT2D eigenvalue weighted by Gasteiger charge is 2.26. The number of carbonyl (C=O) groups excluding carboxylic acids is 1. The van der Waals surface area contributed by atoms with Crippen molar-refractivity contribution in [2.45, 2.75) is 26.3 Å². The second-order valence-electron chi connectivity index (χ2n) is 7.49. The molecule has 3 aromatic rings. The molecule has 1 aromatic heterocycles. The SMILES string of the molecule is CCOc1ccccc1NC(=O)C1CCN(Cc2nc(-c3cccc(Br)c3)no2)CC1. The minimum absolute atomic E-state index is 0.0224. The van der Waals surface area contributed by atoms with E-state index >= 15 is 0 Å². The predicted molar refractivity (Wildman–Crippen MR) is 122 cm³/mol. The van der Waals surface area contributed by atoms with E-state index in [1.165, 1.54) is 0 Å². The minimum Gasteiger partial charge on any atom is -0.492 e. The van der Waals surface area contributed by atoms with Crippen molar-refractivity contribution in [1.82, 2.24) is 15.0 Å². The van der Waals surface area contributed by atoms with Crippen molar-refractivity contribution < 1.29 is 14.1 Å². The maximum absolute atomic E-state index is 12.7. The van der Waals surface area contributed by atoms with E-state index < -0.39 is 0 Å². The summed E-state index contributed by atoms with van der Waals surface area (Å²) in [6, 6.07) is 15.4.